The van der Waals surface area contributed by atoms with Crippen LogP contribution in [0, 0.1) is 0 Å². The Bertz CT molecular complexity index is 259. The molecule has 0 bridgehead atoms. The number of hydrogen-bond acceptors (Lipinski definition) is 4. The van der Waals surface area contributed by atoms with Gasteiger partial charge in [-0.05, 0) is 20.4 Å². The van der Waals surface area contributed by atoms with Crippen LogP contribution in [0.5, 0.6) is 0 Å². The van der Waals surface area contributed by atoms with Crippen LogP contribution in [0.4, 0.5) is 0 Å². The van der Waals surface area contributed by atoms with Crippen molar-refractivity contribution in [1.82, 2.24) is 5.32 Å². The molecular weight excluding hydrogens is 190 g/mol. The molecule has 78 valence electrons. The van der Waals surface area contributed by atoms with Gasteiger partial charge in [-0.15, -0.1) is 0 Å². The number of hydrogen-bond donors (Lipinski definition) is 1. The van der Waals surface area contributed by atoms with Gasteiger partial charge in [0.05, 0.1) is 11.8 Å². The van der Waals surface area contributed by atoms with Crippen LogP contribution in [0.25, 0.3) is 0 Å². The molecule has 0 radical (unpaired) electrons. The highest BCUT2D eigenvalue weighted by molar-refractivity contribution is 7.91. The Labute approximate surface area is 79.6 Å². The first-order valence-corrected chi connectivity index (χ1v) is 6.13. The Balaban J connectivity index is 4.07. The van der Waals surface area contributed by atoms with E-state index >= 15 is 0 Å². The quantitative estimate of drug-likeness (QED) is 0.665. The average Bonchev–Trinajstić information content (AvgIpc) is 2.05. The highest BCUT2D eigenvalue weighted by Crippen LogP contribution is 1.99. The molecule has 0 spiro atoms. The lowest BCUT2D eigenvalue weighted by molar-refractivity contribution is -0.118. The molecule has 0 saturated carbocycles. The molecule has 0 aromatic rings. The highest BCUT2D eigenvalue weighted by Gasteiger charge is 2.15. The Morgan fingerprint density at radius 1 is 1.46 bits per heavy atom. The summed E-state index contributed by atoms with van der Waals surface area (Å²) >= 11 is 0. The molecule has 5 heteroatoms. The second-order valence-electron chi connectivity index (χ2n) is 2.98. The van der Waals surface area contributed by atoms with Gasteiger partial charge >= 0.3 is 0 Å². The average molecular weight is 207 g/mol. The third-order valence-corrected chi connectivity index (χ3v) is 3.73. The van der Waals surface area contributed by atoms with Crippen molar-refractivity contribution in [2.75, 3.05) is 18.6 Å². The fourth-order valence-electron chi connectivity index (χ4n) is 0.993. The third kappa shape index (κ3) is 5.00. The van der Waals surface area contributed by atoms with Gasteiger partial charge in [-0.2, -0.15) is 0 Å². The zero-order valence-electron chi connectivity index (χ0n) is 8.33. The van der Waals surface area contributed by atoms with E-state index < -0.39 is 9.84 Å². The smallest absolute Gasteiger partial charge is 0.150 e. The molecule has 1 unspecified atom stereocenters. The summed E-state index contributed by atoms with van der Waals surface area (Å²) in [5.74, 6) is 0.199. The summed E-state index contributed by atoms with van der Waals surface area (Å²) in [5, 5.41) is 2.78. The third-order valence-electron chi connectivity index (χ3n) is 2.00. The van der Waals surface area contributed by atoms with Crippen LogP contribution >= 0.6 is 0 Å². The van der Waals surface area contributed by atoms with Crippen molar-refractivity contribution in [3.05, 3.63) is 0 Å². The van der Waals surface area contributed by atoms with Gasteiger partial charge in [-0.3, -0.25) is 4.79 Å². The summed E-state index contributed by atoms with van der Waals surface area (Å²) in [4.78, 5) is 10.9. The molecular formula is C8H17NO3S. The Kier molecular flexibility index (Phi) is 5.17. The van der Waals surface area contributed by atoms with E-state index in [4.69, 9.17) is 0 Å². The summed E-state index contributed by atoms with van der Waals surface area (Å²) < 4.78 is 22.2. The van der Waals surface area contributed by atoms with Gasteiger partial charge in [-0.25, -0.2) is 8.42 Å². The van der Waals surface area contributed by atoms with Crippen molar-refractivity contribution in [3.63, 3.8) is 0 Å². The number of rotatable bonds is 6. The number of carbonyl (C=O) groups is 1. The molecule has 0 heterocycles. The number of nitrogens with one attached hydrogen (secondary N) is 1. The van der Waals surface area contributed by atoms with E-state index in [2.05, 4.69) is 5.32 Å². The van der Waals surface area contributed by atoms with Crippen LogP contribution in [0.15, 0.2) is 0 Å². The van der Waals surface area contributed by atoms with E-state index in [-0.39, 0.29) is 23.3 Å². The topological polar surface area (TPSA) is 63.2 Å². The van der Waals surface area contributed by atoms with Crippen LogP contribution in [0.3, 0.4) is 0 Å². The highest BCUT2D eigenvalue weighted by atomic mass is 32.2. The van der Waals surface area contributed by atoms with Gasteiger partial charge < -0.3 is 5.32 Å². The van der Waals surface area contributed by atoms with E-state index in [1.54, 1.807) is 14.0 Å². The first-order valence-electron chi connectivity index (χ1n) is 4.31. The molecule has 0 aliphatic heterocycles. The molecule has 1 N–H and O–H groups in total. The monoisotopic (exact) mass is 207 g/mol. The second kappa shape index (κ2) is 5.34. The Hall–Kier alpha value is -0.420. The minimum absolute atomic E-state index is 0.0196. The molecule has 0 fully saturated rings. The first kappa shape index (κ1) is 12.6. The van der Waals surface area contributed by atoms with Crippen molar-refractivity contribution < 1.29 is 13.2 Å². The van der Waals surface area contributed by atoms with Crippen LogP contribution in [0.2, 0.25) is 0 Å². The molecule has 0 aliphatic carbocycles. The zero-order chi connectivity index (χ0) is 10.5. The predicted octanol–water partition coefficient (Wildman–Crippen LogP) is -0.0118. The lowest BCUT2D eigenvalue weighted by atomic mass is 10.1. The van der Waals surface area contributed by atoms with E-state index in [1.807, 2.05) is 0 Å². The van der Waals surface area contributed by atoms with Gasteiger partial charge in [0.2, 0.25) is 0 Å². The van der Waals surface area contributed by atoms with Crippen molar-refractivity contribution in [1.29, 1.82) is 0 Å². The first-order chi connectivity index (χ1) is 5.93. The molecule has 0 saturated heterocycles. The van der Waals surface area contributed by atoms with E-state index in [0.29, 0.717) is 6.42 Å². The molecule has 0 rings (SSSR count). The van der Waals surface area contributed by atoms with Gasteiger partial charge in [0, 0.05) is 5.75 Å². The normalized spacial score (nSPS) is 14.1. The maximum atomic E-state index is 11.1. The van der Waals surface area contributed by atoms with E-state index in [0.717, 1.165) is 0 Å². The summed E-state index contributed by atoms with van der Waals surface area (Å²) in [7, 11) is -1.29. The molecule has 0 aliphatic rings. The summed E-state index contributed by atoms with van der Waals surface area (Å²) in [6.45, 7) is 3.07. The summed E-state index contributed by atoms with van der Waals surface area (Å²) in [5.41, 5.74) is 0. The van der Waals surface area contributed by atoms with Gasteiger partial charge in [0.1, 0.15) is 15.6 Å². The minimum Gasteiger partial charge on any atom is -0.311 e. The number of ketones is 1. The van der Waals surface area contributed by atoms with Gasteiger partial charge in [0.25, 0.3) is 0 Å². The minimum atomic E-state index is -2.95. The van der Waals surface area contributed by atoms with Gasteiger partial charge in [-0.1, -0.05) is 6.92 Å². The predicted molar refractivity (Wildman–Crippen MR) is 52.5 cm³/mol. The fourth-order valence-corrected chi connectivity index (χ4v) is 1.88. The Morgan fingerprint density at radius 3 is 2.31 bits per heavy atom. The second-order valence-corrected chi connectivity index (χ2v) is 5.45. The maximum absolute atomic E-state index is 11.1. The van der Waals surface area contributed by atoms with Crippen LogP contribution < -0.4 is 5.32 Å². The molecule has 13 heavy (non-hydrogen) atoms. The van der Waals surface area contributed by atoms with Crippen LogP contribution in [0.1, 0.15) is 20.3 Å². The zero-order valence-corrected chi connectivity index (χ0v) is 9.15. The van der Waals surface area contributed by atoms with Crippen molar-refractivity contribution in [2.24, 2.45) is 0 Å². The van der Waals surface area contributed by atoms with Crippen LogP contribution in [-0.4, -0.2) is 38.8 Å². The summed E-state index contributed by atoms with van der Waals surface area (Å²) in [6.07, 6.45) is 0.363. The van der Waals surface area contributed by atoms with Gasteiger partial charge in [0.15, 0.2) is 0 Å². The fraction of sp³-hybridized carbons (Fsp3) is 0.875. The van der Waals surface area contributed by atoms with E-state index in [1.165, 1.54) is 6.92 Å². The maximum Gasteiger partial charge on any atom is 0.150 e. The van der Waals surface area contributed by atoms with Crippen molar-refractivity contribution in [2.45, 2.75) is 26.3 Å². The number of likely N-dealkylation sites (N-methyl/N-ethyl adjacent to an activating group) is 1. The molecule has 0 aromatic heterocycles. The Morgan fingerprint density at radius 2 is 2.00 bits per heavy atom. The molecule has 0 aromatic carbocycles. The molecule has 4 nitrogen and oxygen atoms in total. The SMILES string of the molecule is CCS(=O)(=O)CCC(NC)C(C)=O. The van der Waals surface area contributed by atoms with Crippen LogP contribution in [-0.2, 0) is 14.6 Å². The van der Waals surface area contributed by atoms with Crippen molar-refractivity contribution in [3.8, 4) is 0 Å². The number of Topliss-reactive ketones (excluding diaryl/α,β-unsaturated/α-hetero) is 1. The number of sulfone groups is 1. The van der Waals surface area contributed by atoms with Crippen molar-refractivity contribution >= 4 is 15.6 Å². The largest absolute Gasteiger partial charge is 0.311 e. The molecule has 0 amide bonds. The summed E-state index contributed by atoms with van der Waals surface area (Å²) in [6, 6.07) is -0.332. The standard InChI is InChI=1S/C8H17NO3S/c1-4-13(11,12)6-5-8(9-3)7(2)10/h8-9H,4-6H2,1-3H3. The lowest BCUT2D eigenvalue weighted by Crippen LogP contribution is -2.34. The van der Waals surface area contributed by atoms with E-state index in [9.17, 15) is 13.2 Å². The lowest BCUT2D eigenvalue weighted by Gasteiger charge is -2.11. The molecule has 1 atom stereocenters. The number of carbonyl (C=O) groups excluding carboxylic acids is 1.